The maximum Gasteiger partial charge on any atom is 0.244 e. The molecule has 0 unspecified atom stereocenters. The number of hydrogen-bond donors (Lipinski definition) is 1. The summed E-state index contributed by atoms with van der Waals surface area (Å²) < 4.78 is 10.4. The quantitative estimate of drug-likeness (QED) is 0.658. The smallest absolute Gasteiger partial charge is 0.244 e. The van der Waals surface area contributed by atoms with Gasteiger partial charge in [0, 0.05) is 0 Å². The Labute approximate surface area is 129 Å². The van der Waals surface area contributed by atoms with Gasteiger partial charge in [0.25, 0.3) is 0 Å². The number of ether oxygens (including phenoxy) is 2. The largest absolute Gasteiger partial charge is 0.493 e. The van der Waals surface area contributed by atoms with E-state index in [0.29, 0.717) is 17.9 Å². The summed E-state index contributed by atoms with van der Waals surface area (Å²) in [5, 5.41) is 3.95. The Balaban J connectivity index is 1.93. The number of methoxy groups -OCH3 is 2. The predicted molar refractivity (Wildman–Crippen MR) is 85.4 cm³/mol. The lowest BCUT2D eigenvalue weighted by Gasteiger charge is -2.07. The summed E-state index contributed by atoms with van der Waals surface area (Å²) in [4.78, 5) is 11.8. The standard InChI is InChI=1S/C17H18N2O3/c1-21-15-9-8-14(10-16(15)22-2)12-18-19-17(20)11-13-6-4-3-5-7-13/h3-10,12H,11H2,1-2H3,(H,19,20)/b18-12-. The topological polar surface area (TPSA) is 59.9 Å². The first kappa shape index (κ1) is 15.6. The number of nitrogens with zero attached hydrogens (tertiary/aromatic N) is 1. The molecule has 0 aliphatic heterocycles. The maximum atomic E-state index is 11.8. The van der Waals surface area contributed by atoms with Crippen LogP contribution >= 0.6 is 0 Å². The zero-order valence-corrected chi connectivity index (χ0v) is 12.6. The third-order valence-corrected chi connectivity index (χ3v) is 3.02. The molecule has 1 amide bonds. The van der Waals surface area contributed by atoms with Gasteiger partial charge in [-0.1, -0.05) is 30.3 Å². The minimum atomic E-state index is -0.164. The second-order valence-electron chi connectivity index (χ2n) is 4.57. The van der Waals surface area contributed by atoms with E-state index < -0.39 is 0 Å². The van der Waals surface area contributed by atoms with E-state index in [-0.39, 0.29) is 5.91 Å². The van der Waals surface area contributed by atoms with E-state index in [1.165, 1.54) is 0 Å². The fourth-order valence-electron chi connectivity index (χ4n) is 1.93. The number of carbonyl (C=O) groups excluding carboxylic acids is 1. The van der Waals surface area contributed by atoms with Crippen molar-refractivity contribution in [2.75, 3.05) is 14.2 Å². The molecule has 0 aromatic heterocycles. The van der Waals surface area contributed by atoms with Gasteiger partial charge in [0.1, 0.15) is 0 Å². The predicted octanol–water partition coefficient (Wildman–Crippen LogP) is 2.40. The monoisotopic (exact) mass is 298 g/mol. The third-order valence-electron chi connectivity index (χ3n) is 3.02. The highest BCUT2D eigenvalue weighted by Gasteiger charge is 2.04. The minimum absolute atomic E-state index is 0.164. The molecule has 2 aromatic carbocycles. The number of nitrogens with one attached hydrogen (secondary N) is 1. The number of amides is 1. The van der Waals surface area contributed by atoms with Crippen LogP contribution in [0.2, 0.25) is 0 Å². The maximum absolute atomic E-state index is 11.8. The third kappa shape index (κ3) is 4.34. The van der Waals surface area contributed by atoms with Crippen LogP contribution in [0.3, 0.4) is 0 Å². The van der Waals surface area contributed by atoms with Crippen molar-refractivity contribution < 1.29 is 14.3 Å². The van der Waals surface area contributed by atoms with Gasteiger partial charge in [-0.2, -0.15) is 5.10 Å². The van der Waals surface area contributed by atoms with E-state index in [0.717, 1.165) is 11.1 Å². The second kappa shape index (κ2) is 7.83. The van der Waals surface area contributed by atoms with Gasteiger partial charge < -0.3 is 9.47 Å². The lowest BCUT2D eigenvalue weighted by molar-refractivity contribution is -0.120. The molecule has 0 aliphatic rings. The van der Waals surface area contributed by atoms with Gasteiger partial charge in [-0.3, -0.25) is 4.79 Å². The van der Waals surface area contributed by atoms with Crippen molar-refractivity contribution in [1.82, 2.24) is 5.43 Å². The highest BCUT2D eigenvalue weighted by atomic mass is 16.5. The molecular formula is C17H18N2O3. The molecule has 0 radical (unpaired) electrons. The van der Waals surface area contributed by atoms with E-state index in [2.05, 4.69) is 10.5 Å². The summed E-state index contributed by atoms with van der Waals surface area (Å²) in [5.74, 6) is 1.10. The van der Waals surface area contributed by atoms with E-state index >= 15 is 0 Å². The van der Waals surface area contributed by atoms with Crippen LogP contribution in [0.5, 0.6) is 11.5 Å². The van der Waals surface area contributed by atoms with Crippen LogP contribution < -0.4 is 14.9 Å². The molecule has 0 saturated carbocycles. The van der Waals surface area contributed by atoms with Crippen molar-refractivity contribution in [2.24, 2.45) is 5.10 Å². The number of rotatable bonds is 6. The first-order valence-corrected chi connectivity index (χ1v) is 6.81. The van der Waals surface area contributed by atoms with Gasteiger partial charge in [-0.25, -0.2) is 5.43 Å². The summed E-state index contributed by atoms with van der Waals surface area (Å²) in [7, 11) is 3.15. The summed E-state index contributed by atoms with van der Waals surface area (Å²) in [5.41, 5.74) is 4.25. The summed E-state index contributed by atoms with van der Waals surface area (Å²) in [6, 6.07) is 14.9. The summed E-state index contributed by atoms with van der Waals surface area (Å²) in [6.07, 6.45) is 1.86. The van der Waals surface area contributed by atoms with Crippen LogP contribution in [0.1, 0.15) is 11.1 Å². The Kier molecular flexibility index (Phi) is 5.54. The van der Waals surface area contributed by atoms with Gasteiger partial charge in [-0.15, -0.1) is 0 Å². The van der Waals surface area contributed by atoms with Gasteiger partial charge >= 0.3 is 0 Å². The normalized spacial score (nSPS) is 10.5. The van der Waals surface area contributed by atoms with Gasteiger partial charge in [0.15, 0.2) is 11.5 Å². The lowest BCUT2D eigenvalue weighted by atomic mass is 10.1. The molecule has 0 bridgehead atoms. The van der Waals surface area contributed by atoms with Gasteiger partial charge in [0.2, 0.25) is 5.91 Å². The van der Waals surface area contributed by atoms with Gasteiger partial charge in [0.05, 0.1) is 26.9 Å². The fourth-order valence-corrected chi connectivity index (χ4v) is 1.93. The van der Waals surface area contributed by atoms with Crippen LogP contribution in [0.15, 0.2) is 53.6 Å². The molecule has 2 aromatic rings. The highest BCUT2D eigenvalue weighted by molar-refractivity contribution is 5.84. The molecule has 0 atom stereocenters. The molecule has 5 nitrogen and oxygen atoms in total. The van der Waals surface area contributed by atoms with Crippen molar-refractivity contribution in [3.05, 3.63) is 59.7 Å². The van der Waals surface area contributed by atoms with Crippen LogP contribution in [0.25, 0.3) is 0 Å². The molecule has 0 fully saturated rings. The number of hydrazone groups is 1. The first-order chi connectivity index (χ1) is 10.7. The Hall–Kier alpha value is -2.82. The molecule has 0 saturated heterocycles. The molecule has 0 heterocycles. The Morgan fingerprint density at radius 2 is 1.82 bits per heavy atom. The summed E-state index contributed by atoms with van der Waals surface area (Å²) >= 11 is 0. The van der Waals surface area contributed by atoms with E-state index in [9.17, 15) is 4.79 Å². The molecular weight excluding hydrogens is 280 g/mol. The molecule has 114 valence electrons. The average molecular weight is 298 g/mol. The minimum Gasteiger partial charge on any atom is -0.493 e. The van der Waals surface area contributed by atoms with Crippen molar-refractivity contribution in [3.63, 3.8) is 0 Å². The van der Waals surface area contributed by atoms with Crippen LogP contribution in [-0.2, 0) is 11.2 Å². The Morgan fingerprint density at radius 1 is 1.09 bits per heavy atom. The zero-order chi connectivity index (χ0) is 15.8. The fraction of sp³-hybridized carbons (Fsp3) is 0.176. The SMILES string of the molecule is COc1ccc(/C=N\NC(=O)Cc2ccccc2)cc1OC. The van der Waals surface area contributed by atoms with E-state index in [1.807, 2.05) is 36.4 Å². The van der Waals surface area contributed by atoms with Crippen molar-refractivity contribution in [2.45, 2.75) is 6.42 Å². The molecule has 22 heavy (non-hydrogen) atoms. The van der Waals surface area contributed by atoms with Crippen molar-refractivity contribution in [3.8, 4) is 11.5 Å². The molecule has 1 N–H and O–H groups in total. The molecule has 2 rings (SSSR count). The zero-order valence-electron chi connectivity index (χ0n) is 12.6. The Bertz CT molecular complexity index is 654. The van der Waals surface area contributed by atoms with E-state index in [1.54, 1.807) is 32.6 Å². The van der Waals surface area contributed by atoms with Gasteiger partial charge in [-0.05, 0) is 29.3 Å². The molecule has 5 heteroatoms. The van der Waals surface area contributed by atoms with Crippen LogP contribution in [-0.4, -0.2) is 26.3 Å². The number of hydrogen-bond acceptors (Lipinski definition) is 4. The lowest BCUT2D eigenvalue weighted by Crippen LogP contribution is -2.19. The van der Waals surface area contributed by atoms with Crippen LogP contribution in [0.4, 0.5) is 0 Å². The van der Waals surface area contributed by atoms with Crippen molar-refractivity contribution in [1.29, 1.82) is 0 Å². The van der Waals surface area contributed by atoms with Crippen molar-refractivity contribution >= 4 is 12.1 Å². The van der Waals surface area contributed by atoms with Crippen LogP contribution in [0, 0.1) is 0 Å². The Morgan fingerprint density at radius 3 is 2.50 bits per heavy atom. The first-order valence-electron chi connectivity index (χ1n) is 6.81. The van der Waals surface area contributed by atoms with E-state index in [4.69, 9.17) is 9.47 Å². The second-order valence-corrected chi connectivity index (χ2v) is 4.57. The highest BCUT2D eigenvalue weighted by Crippen LogP contribution is 2.26. The molecule has 0 spiro atoms. The molecule has 0 aliphatic carbocycles. The summed E-state index contributed by atoms with van der Waals surface area (Å²) in [6.45, 7) is 0. The number of benzene rings is 2. The average Bonchev–Trinajstić information content (AvgIpc) is 2.55. The number of carbonyl (C=O) groups is 1.